The molecule has 0 saturated carbocycles. The second-order valence-corrected chi connectivity index (χ2v) is 9.18. The molecule has 0 unspecified atom stereocenters. The maximum absolute atomic E-state index is 12.5. The number of aromatic nitrogens is 4. The number of sulfone groups is 1. The average molecular weight is 383 g/mol. The summed E-state index contributed by atoms with van der Waals surface area (Å²) < 4.78 is 25.0. The van der Waals surface area contributed by atoms with Gasteiger partial charge in [-0.3, -0.25) is 0 Å². The van der Waals surface area contributed by atoms with Gasteiger partial charge in [-0.2, -0.15) is 0 Å². The van der Waals surface area contributed by atoms with Gasteiger partial charge >= 0.3 is 0 Å². The zero-order valence-corrected chi connectivity index (χ0v) is 16.1. The van der Waals surface area contributed by atoms with E-state index in [1.54, 1.807) is 12.4 Å². The number of anilines is 1. The molecule has 0 aliphatic carbocycles. The quantitative estimate of drug-likeness (QED) is 0.739. The summed E-state index contributed by atoms with van der Waals surface area (Å²) in [6.07, 6.45) is 6.14. The lowest BCUT2D eigenvalue weighted by atomic mass is 9.94. The molecule has 140 valence electrons. The van der Waals surface area contributed by atoms with Gasteiger partial charge in [0.05, 0.1) is 16.7 Å². The summed E-state index contributed by atoms with van der Waals surface area (Å²) in [7, 11) is -3.21. The second-order valence-electron chi connectivity index (χ2n) is 7.11. The van der Waals surface area contributed by atoms with E-state index in [1.165, 1.54) is 6.33 Å². The molecule has 7 nitrogen and oxygen atoms in total. The zero-order valence-electron chi connectivity index (χ0n) is 15.3. The molecule has 1 aliphatic heterocycles. The maximum Gasteiger partial charge on any atom is 0.183 e. The predicted octanol–water partition coefficient (Wildman–Crippen LogP) is 2.95. The molecule has 27 heavy (non-hydrogen) atoms. The number of rotatable bonds is 4. The lowest BCUT2D eigenvalue weighted by molar-refractivity contribution is 0.542. The highest BCUT2D eigenvalue weighted by molar-refractivity contribution is 7.91. The number of nitrogens with one attached hydrogen (secondary N) is 1. The first-order valence-electron chi connectivity index (χ1n) is 8.99. The van der Waals surface area contributed by atoms with Crippen molar-refractivity contribution in [3.63, 3.8) is 0 Å². The molecule has 3 aromatic rings. The highest BCUT2D eigenvalue weighted by Gasteiger charge is 2.26. The minimum atomic E-state index is -3.21. The molecule has 2 aromatic heterocycles. The number of aryl methyl sites for hydroxylation is 1. The van der Waals surface area contributed by atoms with Crippen LogP contribution in [0, 0.1) is 5.92 Å². The fourth-order valence-electron chi connectivity index (χ4n) is 3.51. The summed E-state index contributed by atoms with van der Waals surface area (Å²) in [6.45, 7) is 4.17. The van der Waals surface area contributed by atoms with Crippen molar-refractivity contribution in [1.29, 1.82) is 0 Å². The van der Waals surface area contributed by atoms with Crippen LogP contribution in [0.3, 0.4) is 0 Å². The van der Waals surface area contributed by atoms with Crippen molar-refractivity contribution in [1.82, 2.24) is 19.9 Å². The minimum absolute atomic E-state index is 0.118. The Morgan fingerprint density at radius 3 is 2.70 bits per heavy atom. The Balaban J connectivity index is 1.76. The van der Waals surface area contributed by atoms with E-state index in [1.807, 2.05) is 18.2 Å². The van der Waals surface area contributed by atoms with E-state index in [9.17, 15) is 8.42 Å². The van der Waals surface area contributed by atoms with E-state index in [2.05, 4.69) is 39.1 Å². The molecule has 0 spiro atoms. The zero-order chi connectivity index (χ0) is 19.0. The van der Waals surface area contributed by atoms with Gasteiger partial charge in [-0.15, -0.1) is 0 Å². The largest absolute Gasteiger partial charge is 0.361 e. The molecule has 0 amide bonds. The van der Waals surface area contributed by atoms with Gasteiger partial charge in [0, 0.05) is 12.4 Å². The van der Waals surface area contributed by atoms with Crippen LogP contribution in [-0.4, -0.2) is 34.1 Å². The summed E-state index contributed by atoms with van der Waals surface area (Å²) in [6, 6.07) is 5.65. The molecule has 1 N–H and O–H groups in total. The van der Waals surface area contributed by atoms with Gasteiger partial charge in [-0.1, -0.05) is 26.0 Å². The fraction of sp³-hybridized carbons (Fsp3) is 0.368. The van der Waals surface area contributed by atoms with Crippen LogP contribution in [0.25, 0.3) is 11.2 Å². The molecule has 1 atom stereocenters. The van der Waals surface area contributed by atoms with E-state index < -0.39 is 9.84 Å². The summed E-state index contributed by atoms with van der Waals surface area (Å²) in [5, 5.41) is 3.42. The Kier molecular flexibility index (Phi) is 4.51. The molecule has 0 fully saturated rings. The van der Waals surface area contributed by atoms with Crippen molar-refractivity contribution >= 4 is 26.8 Å². The lowest BCUT2D eigenvalue weighted by Crippen LogP contribution is -2.21. The molecule has 3 heterocycles. The van der Waals surface area contributed by atoms with Gasteiger partial charge in [-0.25, -0.2) is 28.4 Å². The van der Waals surface area contributed by atoms with Crippen molar-refractivity contribution in [2.45, 2.75) is 37.6 Å². The van der Waals surface area contributed by atoms with Crippen molar-refractivity contribution in [3.05, 3.63) is 48.0 Å². The van der Waals surface area contributed by atoms with Crippen LogP contribution in [0.4, 0.5) is 5.82 Å². The van der Waals surface area contributed by atoms with E-state index in [0.29, 0.717) is 28.3 Å². The van der Waals surface area contributed by atoms with Gasteiger partial charge in [0.25, 0.3) is 0 Å². The van der Waals surface area contributed by atoms with Gasteiger partial charge in [0.15, 0.2) is 21.3 Å². The first-order chi connectivity index (χ1) is 13.0. The number of hydrogen-bond acceptors (Lipinski definition) is 7. The highest BCUT2D eigenvalue weighted by atomic mass is 32.2. The minimum Gasteiger partial charge on any atom is -0.361 e. The molecule has 0 radical (unpaired) electrons. The Hall–Kier alpha value is -2.61. The van der Waals surface area contributed by atoms with Gasteiger partial charge in [-0.05, 0) is 36.0 Å². The van der Waals surface area contributed by atoms with Crippen molar-refractivity contribution in [3.8, 4) is 0 Å². The third kappa shape index (κ3) is 3.37. The highest BCUT2D eigenvalue weighted by Crippen LogP contribution is 2.32. The third-order valence-corrected chi connectivity index (χ3v) is 6.75. The molecule has 4 rings (SSSR count). The molecular formula is C19H21N5O2S. The smallest absolute Gasteiger partial charge is 0.183 e. The lowest BCUT2D eigenvalue weighted by Gasteiger charge is -2.26. The van der Waals surface area contributed by atoms with E-state index in [4.69, 9.17) is 0 Å². The van der Waals surface area contributed by atoms with Crippen LogP contribution >= 0.6 is 0 Å². The first kappa shape index (κ1) is 17.8. The van der Waals surface area contributed by atoms with Crippen molar-refractivity contribution < 1.29 is 8.42 Å². The average Bonchev–Trinajstić information content (AvgIpc) is 2.66. The SMILES string of the molecule is CC(C)[C@H](Nc1ncnc2nccnc12)c1ccc2c(c1)S(=O)(=O)CCC2. The third-order valence-electron chi connectivity index (χ3n) is 4.87. The summed E-state index contributed by atoms with van der Waals surface area (Å²) >= 11 is 0. The number of hydrogen-bond donors (Lipinski definition) is 1. The van der Waals surface area contributed by atoms with Crippen LogP contribution in [0.15, 0.2) is 41.8 Å². The number of fused-ring (bicyclic) bond motifs is 2. The van der Waals surface area contributed by atoms with Crippen LogP contribution in [-0.2, 0) is 16.3 Å². The van der Waals surface area contributed by atoms with Gasteiger partial charge in [0.2, 0.25) is 0 Å². The molecule has 1 aliphatic rings. The topological polar surface area (TPSA) is 97.7 Å². The fourth-order valence-corrected chi connectivity index (χ4v) is 5.14. The van der Waals surface area contributed by atoms with Crippen LogP contribution in [0.5, 0.6) is 0 Å². The van der Waals surface area contributed by atoms with Gasteiger partial charge in [0.1, 0.15) is 11.8 Å². The molecule has 0 saturated heterocycles. The van der Waals surface area contributed by atoms with Crippen LogP contribution in [0.1, 0.15) is 37.4 Å². The monoisotopic (exact) mass is 383 g/mol. The summed E-state index contributed by atoms with van der Waals surface area (Å²) in [5.74, 6) is 1.01. The molecule has 8 heteroatoms. The molecule has 1 aromatic carbocycles. The maximum atomic E-state index is 12.5. The standard InChI is InChI=1S/C19H21N5O2S/c1-12(2)16(24-19-17-18(22-11-23-19)21-8-7-20-17)14-6-5-13-4-3-9-27(25,26)15(13)10-14/h5-8,10-12,16H,3-4,9H2,1-2H3,(H,21,22,23,24)/t16-/m0/s1. The Bertz CT molecular complexity index is 1090. The van der Waals surface area contributed by atoms with Crippen LogP contribution < -0.4 is 5.32 Å². The van der Waals surface area contributed by atoms with Crippen LogP contribution in [0.2, 0.25) is 0 Å². The summed E-state index contributed by atoms with van der Waals surface area (Å²) in [4.78, 5) is 17.5. The predicted molar refractivity (Wildman–Crippen MR) is 103 cm³/mol. The van der Waals surface area contributed by atoms with E-state index in [-0.39, 0.29) is 17.7 Å². The van der Waals surface area contributed by atoms with Gasteiger partial charge < -0.3 is 5.32 Å². The number of nitrogens with zero attached hydrogens (tertiary/aromatic N) is 4. The first-order valence-corrected chi connectivity index (χ1v) is 10.6. The van der Waals surface area contributed by atoms with Crippen molar-refractivity contribution in [2.75, 3.05) is 11.1 Å². The Morgan fingerprint density at radius 2 is 1.89 bits per heavy atom. The number of benzene rings is 1. The van der Waals surface area contributed by atoms with E-state index in [0.717, 1.165) is 17.5 Å². The molecular weight excluding hydrogens is 362 g/mol. The summed E-state index contributed by atoms with van der Waals surface area (Å²) in [5.41, 5.74) is 2.94. The van der Waals surface area contributed by atoms with E-state index >= 15 is 0 Å². The Morgan fingerprint density at radius 1 is 1.07 bits per heavy atom. The molecule has 0 bridgehead atoms. The second kappa shape index (κ2) is 6.84. The Labute approximate surface area is 158 Å². The van der Waals surface area contributed by atoms with Crippen molar-refractivity contribution in [2.24, 2.45) is 5.92 Å². The normalized spacial score (nSPS) is 16.9.